The van der Waals surface area contributed by atoms with E-state index in [2.05, 4.69) is 4.90 Å². The molecule has 4 rings (SSSR count). The van der Waals surface area contributed by atoms with Crippen molar-refractivity contribution in [3.05, 3.63) is 58.6 Å². The maximum atomic E-state index is 13.0. The molecule has 0 N–H and O–H groups in total. The lowest BCUT2D eigenvalue weighted by atomic mass is 10.1. The summed E-state index contributed by atoms with van der Waals surface area (Å²) in [6, 6.07) is 12.9. The minimum atomic E-state index is 0.0210. The second-order valence-corrected chi connectivity index (χ2v) is 8.38. The quantitative estimate of drug-likeness (QED) is 0.649. The molecular formula is C24H29ClN2O4. The molecule has 2 fully saturated rings. The molecule has 0 bridgehead atoms. The van der Waals surface area contributed by atoms with Crippen molar-refractivity contribution in [1.29, 1.82) is 0 Å². The van der Waals surface area contributed by atoms with E-state index in [0.29, 0.717) is 34.8 Å². The Hall–Kier alpha value is -2.28. The van der Waals surface area contributed by atoms with Gasteiger partial charge in [0.1, 0.15) is 6.61 Å². The van der Waals surface area contributed by atoms with Crippen LogP contribution >= 0.6 is 11.6 Å². The van der Waals surface area contributed by atoms with Gasteiger partial charge in [-0.05, 0) is 37.1 Å². The Balaban J connectivity index is 1.34. The van der Waals surface area contributed by atoms with Gasteiger partial charge in [0.15, 0.2) is 11.5 Å². The van der Waals surface area contributed by atoms with Crippen LogP contribution in [-0.2, 0) is 11.3 Å². The SMILES string of the molecule is COc1cc(C(=O)N2CCN(C[C@H]3CCCO3)CC2)ccc1OCc1ccccc1Cl. The number of carbonyl (C=O) groups is 1. The van der Waals surface area contributed by atoms with Gasteiger partial charge in [0.2, 0.25) is 0 Å². The van der Waals surface area contributed by atoms with Crippen LogP contribution in [0.25, 0.3) is 0 Å². The highest BCUT2D eigenvalue weighted by atomic mass is 35.5. The fourth-order valence-corrected chi connectivity index (χ4v) is 4.27. The third-order valence-corrected chi connectivity index (χ3v) is 6.27. The molecular weight excluding hydrogens is 416 g/mol. The van der Waals surface area contributed by atoms with Gasteiger partial charge in [-0.25, -0.2) is 0 Å². The van der Waals surface area contributed by atoms with Gasteiger partial charge in [0.25, 0.3) is 5.91 Å². The summed E-state index contributed by atoms with van der Waals surface area (Å²) >= 11 is 6.20. The molecule has 0 aromatic heterocycles. The highest BCUT2D eigenvalue weighted by Crippen LogP contribution is 2.30. The van der Waals surface area contributed by atoms with Crippen LogP contribution in [0.3, 0.4) is 0 Å². The zero-order valence-electron chi connectivity index (χ0n) is 17.9. The lowest BCUT2D eigenvalue weighted by molar-refractivity contribution is 0.0432. The highest BCUT2D eigenvalue weighted by molar-refractivity contribution is 6.31. The van der Waals surface area contributed by atoms with E-state index >= 15 is 0 Å². The molecule has 166 valence electrons. The molecule has 0 radical (unpaired) electrons. The van der Waals surface area contributed by atoms with Crippen LogP contribution in [0.15, 0.2) is 42.5 Å². The second kappa shape index (κ2) is 10.4. The molecule has 2 heterocycles. The molecule has 1 amide bonds. The second-order valence-electron chi connectivity index (χ2n) is 7.97. The van der Waals surface area contributed by atoms with Gasteiger partial charge < -0.3 is 19.1 Å². The summed E-state index contributed by atoms with van der Waals surface area (Å²) in [6.07, 6.45) is 2.65. The average Bonchev–Trinajstić information content (AvgIpc) is 3.31. The Morgan fingerprint density at radius 1 is 1.13 bits per heavy atom. The number of halogens is 1. The maximum Gasteiger partial charge on any atom is 0.254 e. The third kappa shape index (κ3) is 5.50. The molecule has 2 aliphatic heterocycles. The monoisotopic (exact) mass is 444 g/mol. The van der Waals surface area contributed by atoms with Crippen molar-refractivity contribution in [2.75, 3.05) is 46.4 Å². The van der Waals surface area contributed by atoms with Crippen LogP contribution < -0.4 is 9.47 Å². The largest absolute Gasteiger partial charge is 0.493 e. The van der Waals surface area contributed by atoms with E-state index in [9.17, 15) is 4.79 Å². The number of carbonyl (C=O) groups excluding carboxylic acids is 1. The van der Waals surface area contributed by atoms with E-state index in [0.717, 1.165) is 57.7 Å². The Morgan fingerprint density at radius 3 is 2.65 bits per heavy atom. The van der Waals surface area contributed by atoms with Crippen molar-refractivity contribution >= 4 is 17.5 Å². The van der Waals surface area contributed by atoms with Gasteiger partial charge in [0.05, 0.1) is 13.2 Å². The molecule has 7 heteroatoms. The van der Waals surface area contributed by atoms with Crippen molar-refractivity contribution in [2.24, 2.45) is 0 Å². The van der Waals surface area contributed by atoms with Crippen molar-refractivity contribution in [3.63, 3.8) is 0 Å². The van der Waals surface area contributed by atoms with Crippen LogP contribution in [-0.4, -0.2) is 68.3 Å². The third-order valence-electron chi connectivity index (χ3n) is 5.90. The first-order chi connectivity index (χ1) is 15.1. The van der Waals surface area contributed by atoms with Crippen LogP contribution in [0.5, 0.6) is 11.5 Å². The molecule has 2 aromatic carbocycles. The van der Waals surface area contributed by atoms with Gasteiger partial charge in [-0.3, -0.25) is 9.69 Å². The number of benzene rings is 2. The highest BCUT2D eigenvalue weighted by Gasteiger charge is 2.26. The van der Waals surface area contributed by atoms with Crippen molar-refractivity contribution in [3.8, 4) is 11.5 Å². The van der Waals surface area contributed by atoms with Gasteiger partial charge in [-0.15, -0.1) is 0 Å². The number of piperazine rings is 1. The molecule has 0 unspecified atom stereocenters. The van der Waals surface area contributed by atoms with E-state index < -0.39 is 0 Å². The van der Waals surface area contributed by atoms with Crippen molar-refractivity contribution < 1.29 is 19.0 Å². The van der Waals surface area contributed by atoms with E-state index in [1.54, 1.807) is 25.3 Å². The van der Waals surface area contributed by atoms with Crippen molar-refractivity contribution in [1.82, 2.24) is 9.80 Å². The summed E-state index contributed by atoms with van der Waals surface area (Å²) in [5, 5.41) is 0.659. The topological polar surface area (TPSA) is 51.2 Å². The Morgan fingerprint density at radius 2 is 1.94 bits per heavy atom. The Kier molecular flexibility index (Phi) is 7.33. The number of hydrogen-bond donors (Lipinski definition) is 0. The van der Waals surface area contributed by atoms with Gasteiger partial charge >= 0.3 is 0 Å². The molecule has 0 spiro atoms. The molecule has 6 nitrogen and oxygen atoms in total. The molecule has 2 saturated heterocycles. The molecule has 0 saturated carbocycles. The minimum Gasteiger partial charge on any atom is -0.493 e. The van der Waals surface area contributed by atoms with E-state index in [1.165, 1.54) is 0 Å². The first kappa shape index (κ1) is 21.9. The van der Waals surface area contributed by atoms with Crippen LogP contribution in [0.1, 0.15) is 28.8 Å². The standard InChI is InChI=1S/C24H29ClN2O4/c1-29-23-15-18(8-9-22(23)31-17-19-5-2-3-7-21(19)25)24(28)27-12-10-26(11-13-27)16-20-6-4-14-30-20/h2-3,5,7-9,15,20H,4,6,10-14,16-17H2,1H3/t20-/m1/s1. The first-order valence-electron chi connectivity index (χ1n) is 10.8. The van der Waals surface area contributed by atoms with Gasteiger partial charge in [0, 0.05) is 55.5 Å². The molecule has 2 aromatic rings. The molecule has 2 aliphatic rings. The summed E-state index contributed by atoms with van der Waals surface area (Å²) in [4.78, 5) is 17.3. The lowest BCUT2D eigenvalue weighted by Gasteiger charge is -2.35. The number of methoxy groups -OCH3 is 1. The number of rotatable bonds is 7. The predicted octanol–water partition coefficient (Wildman–Crippen LogP) is 3.86. The molecule has 31 heavy (non-hydrogen) atoms. The van der Waals surface area contributed by atoms with Gasteiger partial charge in [-0.2, -0.15) is 0 Å². The zero-order chi connectivity index (χ0) is 21.6. The van der Waals surface area contributed by atoms with E-state index in [4.69, 9.17) is 25.8 Å². The van der Waals surface area contributed by atoms with Gasteiger partial charge in [-0.1, -0.05) is 29.8 Å². The van der Waals surface area contributed by atoms with Crippen LogP contribution in [0.4, 0.5) is 0 Å². The molecule has 1 atom stereocenters. The van der Waals surface area contributed by atoms with Crippen molar-refractivity contribution in [2.45, 2.75) is 25.6 Å². The summed E-state index contributed by atoms with van der Waals surface area (Å²) in [6.45, 7) is 5.37. The number of ether oxygens (including phenoxy) is 3. The number of nitrogens with zero attached hydrogens (tertiary/aromatic N) is 2. The van der Waals surface area contributed by atoms with Crippen LogP contribution in [0.2, 0.25) is 5.02 Å². The lowest BCUT2D eigenvalue weighted by Crippen LogP contribution is -2.50. The van der Waals surface area contributed by atoms with E-state index in [1.807, 2.05) is 29.2 Å². The van der Waals surface area contributed by atoms with E-state index in [-0.39, 0.29) is 5.91 Å². The summed E-state index contributed by atoms with van der Waals surface area (Å²) in [5.74, 6) is 1.14. The average molecular weight is 445 g/mol. The maximum absolute atomic E-state index is 13.0. The Bertz CT molecular complexity index is 893. The smallest absolute Gasteiger partial charge is 0.254 e. The fourth-order valence-electron chi connectivity index (χ4n) is 4.08. The normalized spacial score (nSPS) is 19.4. The summed E-state index contributed by atoms with van der Waals surface area (Å²) < 4.78 is 17.1. The fraction of sp³-hybridized carbons (Fsp3) is 0.458. The summed E-state index contributed by atoms with van der Waals surface area (Å²) in [7, 11) is 1.58. The zero-order valence-corrected chi connectivity index (χ0v) is 18.6. The predicted molar refractivity (Wildman–Crippen MR) is 120 cm³/mol. The number of amides is 1. The minimum absolute atomic E-state index is 0.0210. The molecule has 0 aliphatic carbocycles. The first-order valence-corrected chi connectivity index (χ1v) is 11.2. The summed E-state index contributed by atoms with van der Waals surface area (Å²) in [5.41, 5.74) is 1.50. The Labute approximate surface area is 188 Å². The van der Waals surface area contributed by atoms with Crippen LogP contribution in [0, 0.1) is 0 Å². The number of hydrogen-bond acceptors (Lipinski definition) is 5.